The van der Waals surface area contributed by atoms with Crippen LogP contribution in [0.3, 0.4) is 0 Å². The summed E-state index contributed by atoms with van der Waals surface area (Å²) in [7, 11) is 0. The van der Waals surface area contributed by atoms with Gasteiger partial charge in [-0.05, 0) is 35.4 Å². The van der Waals surface area contributed by atoms with Crippen molar-refractivity contribution in [1.82, 2.24) is 4.90 Å². The fraction of sp³-hybridized carbons (Fsp3) is 0.211. The fourth-order valence-corrected chi connectivity index (χ4v) is 3.34. The number of hydrogen-bond donors (Lipinski definition) is 1. The topological polar surface area (TPSA) is 87.2 Å². The molecule has 2 N–H and O–H groups in total. The van der Waals surface area contributed by atoms with Crippen LogP contribution < -0.4 is 5.73 Å². The summed E-state index contributed by atoms with van der Waals surface area (Å²) in [6.45, 7) is 0.174. The van der Waals surface area contributed by atoms with Gasteiger partial charge in [0.15, 0.2) is 0 Å². The summed E-state index contributed by atoms with van der Waals surface area (Å²) in [6.07, 6.45) is 0.0387. The van der Waals surface area contributed by atoms with Crippen molar-refractivity contribution >= 4 is 23.4 Å². The Bertz CT molecular complexity index is 908. The van der Waals surface area contributed by atoms with Crippen LogP contribution in [0.4, 0.5) is 4.39 Å². The Balaban J connectivity index is 2.06. The van der Waals surface area contributed by atoms with E-state index in [-0.39, 0.29) is 23.9 Å². The van der Waals surface area contributed by atoms with Gasteiger partial charge in [-0.25, -0.2) is 4.39 Å². The van der Waals surface area contributed by atoms with Crippen LogP contribution in [0.25, 0.3) is 0 Å². The first kappa shape index (κ1) is 17.9. The minimum absolute atomic E-state index is 0.0387. The van der Waals surface area contributed by atoms with E-state index in [9.17, 15) is 14.0 Å². The standard InChI is InChI=1S/C19H15ClFN3O2/c20-15-7-13(5-6-16(15)21)18(12-3-1-11(9-22)2-4-12)24-10-14(19(23)26)8-17(24)25/h1-7,14,18H,8,10H2,(H2,23,26)/t14?,18-/m0/s1. The second-order valence-electron chi connectivity index (χ2n) is 6.16. The highest BCUT2D eigenvalue weighted by Crippen LogP contribution is 2.35. The maximum Gasteiger partial charge on any atom is 0.224 e. The summed E-state index contributed by atoms with van der Waals surface area (Å²) < 4.78 is 13.6. The monoisotopic (exact) mass is 371 g/mol. The van der Waals surface area contributed by atoms with Gasteiger partial charge in [0.1, 0.15) is 5.82 Å². The van der Waals surface area contributed by atoms with Crippen molar-refractivity contribution in [1.29, 1.82) is 5.26 Å². The number of nitrogens with zero attached hydrogens (tertiary/aromatic N) is 2. The highest BCUT2D eigenvalue weighted by Gasteiger charge is 2.38. The maximum absolute atomic E-state index is 13.6. The highest BCUT2D eigenvalue weighted by molar-refractivity contribution is 6.30. The first-order valence-corrected chi connectivity index (χ1v) is 8.32. The second kappa shape index (κ2) is 7.14. The van der Waals surface area contributed by atoms with Crippen LogP contribution in [0, 0.1) is 23.1 Å². The SMILES string of the molecule is N#Cc1ccc([C@@H](c2ccc(F)c(Cl)c2)N2CC(C(N)=O)CC2=O)cc1. The average molecular weight is 372 g/mol. The summed E-state index contributed by atoms with van der Waals surface area (Å²) in [5.74, 6) is -1.88. The van der Waals surface area contributed by atoms with Gasteiger partial charge in [0, 0.05) is 13.0 Å². The Morgan fingerprint density at radius 1 is 1.27 bits per heavy atom. The summed E-state index contributed by atoms with van der Waals surface area (Å²) in [5.41, 5.74) is 7.17. The van der Waals surface area contributed by atoms with Gasteiger partial charge >= 0.3 is 0 Å². The minimum Gasteiger partial charge on any atom is -0.369 e. The average Bonchev–Trinajstić information content (AvgIpc) is 3.01. The number of carbonyl (C=O) groups is 2. The molecule has 0 bridgehead atoms. The van der Waals surface area contributed by atoms with E-state index < -0.39 is 23.7 Å². The predicted molar refractivity (Wildman–Crippen MR) is 93.4 cm³/mol. The zero-order valence-electron chi connectivity index (χ0n) is 13.7. The van der Waals surface area contributed by atoms with Crippen LogP contribution in [0.5, 0.6) is 0 Å². The molecular formula is C19H15ClFN3O2. The Labute approximate surface area is 154 Å². The van der Waals surface area contributed by atoms with Crippen LogP contribution >= 0.6 is 11.6 Å². The quantitative estimate of drug-likeness (QED) is 0.896. The van der Waals surface area contributed by atoms with E-state index in [1.54, 1.807) is 35.2 Å². The number of carbonyl (C=O) groups excluding carboxylic acids is 2. The fourth-order valence-electron chi connectivity index (χ4n) is 3.15. The molecule has 0 spiro atoms. The molecule has 0 aromatic heterocycles. The van der Waals surface area contributed by atoms with Gasteiger partial charge < -0.3 is 10.6 Å². The van der Waals surface area contributed by atoms with Crippen LogP contribution in [0.15, 0.2) is 42.5 Å². The molecule has 26 heavy (non-hydrogen) atoms. The third kappa shape index (κ3) is 3.39. The van der Waals surface area contributed by atoms with Crippen molar-refractivity contribution in [2.24, 2.45) is 11.7 Å². The predicted octanol–water partition coefficient (Wildman–Crippen LogP) is 2.77. The smallest absolute Gasteiger partial charge is 0.224 e. The lowest BCUT2D eigenvalue weighted by atomic mass is 9.96. The number of rotatable bonds is 4. The number of amides is 2. The van der Waals surface area contributed by atoms with Crippen molar-refractivity contribution < 1.29 is 14.0 Å². The lowest BCUT2D eigenvalue weighted by Gasteiger charge is -2.29. The van der Waals surface area contributed by atoms with E-state index in [1.807, 2.05) is 6.07 Å². The molecule has 3 rings (SSSR count). The molecule has 5 nitrogen and oxygen atoms in total. The van der Waals surface area contributed by atoms with Crippen molar-refractivity contribution in [2.75, 3.05) is 6.54 Å². The van der Waals surface area contributed by atoms with E-state index in [0.29, 0.717) is 11.1 Å². The van der Waals surface area contributed by atoms with Crippen molar-refractivity contribution in [3.8, 4) is 6.07 Å². The second-order valence-corrected chi connectivity index (χ2v) is 6.57. The van der Waals surface area contributed by atoms with Gasteiger partial charge in [-0.15, -0.1) is 0 Å². The molecule has 0 aliphatic carbocycles. The van der Waals surface area contributed by atoms with Crippen LogP contribution in [-0.4, -0.2) is 23.3 Å². The first-order chi connectivity index (χ1) is 12.4. The molecule has 7 heteroatoms. The Morgan fingerprint density at radius 2 is 1.92 bits per heavy atom. The van der Waals surface area contributed by atoms with Crippen LogP contribution in [0.1, 0.15) is 29.2 Å². The molecule has 1 aliphatic heterocycles. The van der Waals surface area contributed by atoms with E-state index >= 15 is 0 Å². The number of hydrogen-bond acceptors (Lipinski definition) is 3. The largest absolute Gasteiger partial charge is 0.369 e. The zero-order chi connectivity index (χ0) is 18.8. The van der Waals surface area contributed by atoms with E-state index in [1.165, 1.54) is 12.1 Å². The van der Waals surface area contributed by atoms with Gasteiger partial charge in [0.2, 0.25) is 11.8 Å². The highest BCUT2D eigenvalue weighted by atomic mass is 35.5. The minimum atomic E-state index is -0.570. The number of primary amides is 1. The van der Waals surface area contributed by atoms with Crippen molar-refractivity contribution in [3.63, 3.8) is 0 Å². The number of benzene rings is 2. The summed E-state index contributed by atoms with van der Waals surface area (Å²) >= 11 is 5.92. The molecule has 2 aromatic carbocycles. The van der Waals surface area contributed by atoms with Gasteiger partial charge in [-0.1, -0.05) is 29.8 Å². The number of nitriles is 1. The van der Waals surface area contributed by atoms with Gasteiger partial charge in [-0.2, -0.15) is 5.26 Å². The number of nitrogens with two attached hydrogens (primary N) is 1. The Kier molecular flexibility index (Phi) is 4.92. The molecule has 0 radical (unpaired) electrons. The number of halogens is 2. The summed E-state index contributed by atoms with van der Waals surface area (Å²) in [5, 5.41) is 8.92. The third-order valence-electron chi connectivity index (χ3n) is 4.49. The molecule has 1 heterocycles. The molecule has 0 saturated carbocycles. The summed E-state index contributed by atoms with van der Waals surface area (Å²) in [6, 6.07) is 12.5. The third-order valence-corrected chi connectivity index (χ3v) is 4.78. The van der Waals surface area contributed by atoms with E-state index in [0.717, 1.165) is 5.56 Å². The lowest BCUT2D eigenvalue weighted by Crippen LogP contribution is -2.32. The molecule has 2 aromatic rings. The molecular weight excluding hydrogens is 357 g/mol. The Morgan fingerprint density at radius 3 is 2.46 bits per heavy atom. The van der Waals surface area contributed by atoms with Gasteiger partial charge in [-0.3, -0.25) is 9.59 Å². The molecule has 2 amide bonds. The first-order valence-electron chi connectivity index (χ1n) is 7.94. The van der Waals surface area contributed by atoms with Crippen LogP contribution in [0.2, 0.25) is 5.02 Å². The molecule has 1 saturated heterocycles. The lowest BCUT2D eigenvalue weighted by molar-refractivity contribution is -0.129. The normalized spacial score (nSPS) is 17.8. The van der Waals surface area contributed by atoms with Crippen molar-refractivity contribution in [3.05, 3.63) is 70.0 Å². The molecule has 1 fully saturated rings. The van der Waals surface area contributed by atoms with Gasteiger partial charge in [0.25, 0.3) is 0 Å². The molecule has 1 aliphatic rings. The van der Waals surface area contributed by atoms with Gasteiger partial charge in [0.05, 0.1) is 28.6 Å². The molecule has 1 unspecified atom stereocenters. The molecule has 2 atom stereocenters. The zero-order valence-corrected chi connectivity index (χ0v) is 14.4. The van der Waals surface area contributed by atoms with E-state index in [2.05, 4.69) is 0 Å². The summed E-state index contributed by atoms with van der Waals surface area (Å²) in [4.78, 5) is 25.6. The number of likely N-dealkylation sites (tertiary alicyclic amines) is 1. The van der Waals surface area contributed by atoms with E-state index in [4.69, 9.17) is 22.6 Å². The van der Waals surface area contributed by atoms with Crippen molar-refractivity contribution in [2.45, 2.75) is 12.5 Å². The molecule has 132 valence electrons. The maximum atomic E-state index is 13.6. The Hall–Kier alpha value is -2.91. The van der Waals surface area contributed by atoms with Crippen LogP contribution in [-0.2, 0) is 9.59 Å².